The maximum absolute atomic E-state index is 12.8. The SMILES string of the molecule is CCOc1ccc2c(c1)sc(=NC(=O)c1cccc(C(F)(F)F)c1)n2C. The van der Waals surface area contributed by atoms with Crippen molar-refractivity contribution < 1.29 is 22.7 Å². The Kier molecular flexibility index (Phi) is 4.86. The number of nitrogens with zero attached hydrogens (tertiary/aromatic N) is 2. The third kappa shape index (κ3) is 3.65. The van der Waals surface area contributed by atoms with E-state index >= 15 is 0 Å². The van der Waals surface area contributed by atoms with Crippen molar-refractivity contribution in [2.75, 3.05) is 6.61 Å². The minimum absolute atomic E-state index is 0.104. The van der Waals surface area contributed by atoms with Gasteiger partial charge < -0.3 is 9.30 Å². The molecule has 1 heterocycles. The number of amides is 1. The molecule has 3 aromatic rings. The Morgan fingerprint density at radius 2 is 2.00 bits per heavy atom. The van der Waals surface area contributed by atoms with E-state index in [1.807, 2.05) is 25.1 Å². The summed E-state index contributed by atoms with van der Waals surface area (Å²) < 4.78 is 46.5. The minimum atomic E-state index is -4.51. The van der Waals surface area contributed by atoms with Crippen molar-refractivity contribution in [3.63, 3.8) is 0 Å². The van der Waals surface area contributed by atoms with Crippen LogP contribution in [0, 0.1) is 0 Å². The quantitative estimate of drug-likeness (QED) is 0.676. The van der Waals surface area contributed by atoms with E-state index in [1.165, 1.54) is 23.5 Å². The molecule has 0 saturated heterocycles. The summed E-state index contributed by atoms with van der Waals surface area (Å²) in [4.78, 5) is 16.7. The summed E-state index contributed by atoms with van der Waals surface area (Å²) in [5.41, 5.74) is -0.123. The number of hydrogen-bond acceptors (Lipinski definition) is 3. The third-order valence-electron chi connectivity index (χ3n) is 3.73. The fraction of sp³-hybridized carbons (Fsp3) is 0.222. The number of benzene rings is 2. The molecule has 0 aliphatic rings. The first kappa shape index (κ1) is 18.2. The van der Waals surface area contributed by atoms with E-state index in [4.69, 9.17) is 4.74 Å². The monoisotopic (exact) mass is 380 g/mol. The molecule has 0 aliphatic carbocycles. The van der Waals surface area contributed by atoms with Crippen LogP contribution in [0.4, 0.5) is 13.2 Å². The van der Waals surface area contributed by atoms with Gasteiger partial charge in [-0.25, -0.2) is 0 Å². The molecular weight excluding hydrogens is 365 g/mol. The van der Waals surface area contributed by atoms with E-state index in [1.54, 1.807) is 11.6 Å². The molecule has 0 saturated carbocycles. The number of hydrogen-bond donors (Lipinski definition) is 0. The summed E-state index contributed by atoms with van der Waals surface area (Å²) in [7, 11) is 1.75. The maximum Gasteiger partial charge on any atom is 0.416 e. The Hall–Kier alpha value is -2.61. The van der Waals surface area contributed by atoms with Crippen LogP contribution in [0.3, 0.4) is 0 Å². The molecule has 4 nitrogen and oxygen atoms in total. The van der Waals surface area contributed by atoms with Gasteiger partial charge in [0.15, 0.2) is 4.80 Å². The Morgan fingerprint density at radius 3 is 2.69 bits per heavy atom. The molecule has 1 amide bonds. The molecule has 8 heteroatoms. The van der Waals surface area contributed by atoms with Crippen LogP contribution in [0.5, 0.6) is 5.75 Å². The van der Waals surface area contributed by atoms with Crippen LogP contribution in [-0.4, -0.2) is 17.1 Å². The topological polar surface area (TPSA) is 43.6 Å². The van der Waals surface area contributed by atoms with Crippen molar-refractivity contribution in [1.29, 1.82) is 0 Å². The summed E-state index contributed by atoms with van der Waals surface area (Å²) in [6.07, 6.45) is -4.51. The normalized spacial score (nSPS) is 12.6. The summed E-state index contributed by atoms with van der Waals surface area (Å²) in [5.74, 6) is -0.0131. The van der Waals surface area contributed by atoms with E-state index < -0.39 is 17.6 Å². The lowest BCUT2D eigenvalue weighted by atomic mass is 10.1. The van der Waals surface area contributed by atoms with Crippen molar-refractivity contribution in [3.8, 4) is 5.75 Å². The lowest BCUT2D eigenvalue weighted by molar-refractivity contribution is -0.137. The van der Waals surface area contributed by atoms with E-state index in [0.717, 1.165) is 22.3 Å². The highest BCUT2D eigenvalue weighted by Gasteiger charge is 2.30. The highest BCUT2D eigenvalue weighted by Crippen LogP contribution is 2.29. The zero-order valence-electron chi connectivity index (χ0n) is 14.0. The molecule has 0 unspecified atom stereocenters. The lowest BCUT2D eigenvalue weighted by Crippen LogP contribution is -2.14. The van der Waals surface area contributed by atoms with Gasteiger partial charge in [0.1, 0.15) is 5.75 Å². The van der Waals surface area contributed by atoms with Crippen molar-refractivity contribution in [3.05, 3.63) is 58.4 Å². The molecule has 0 radical (unpaired) electrons. The lowest BCUT2D eigenvalue weighted by Gasteiger charge is -2.06. The smallest absolute Gasteiger partial charge is 0.416 e. The van der Waals surface area contributed by atoms with E-state index in [-0.39, 0.29) is 5.56 Å². The molecule has 0 N–H and O–H groups in total. The number of carbonyl (C=O) groups excluding carboxylic acids is 1. The zero-order chi connectivity index (χ0) is 18.9. The van der Waals surface area contributed by atoms with Crippen LogP contribution in [0.15, 0.2) is 47.5 Å². The maximum atomic E-state index is 12.8. The predicted molar refractivity (Wildman–Crippen MR) is 93.3 cm³/mol. The van der Waals surface area contributed by atoms with Gasteiger partial charge >= 0.3 is 6.18 Å². The number of aryl methyl sites for hydroxylation is 1. The molecule has 0 aliphatic heterocycles. The molecule has 0 atom stereocenters. The number of carbonyl (C=O) groups is 1. The van der Waals surface area contributed by atoms with Gasteiger partial charge in [-0.1, -0.05) is 17.4 Å². The Labute approximate surface area is 151 Å². The average molecular weight is 380 g/mol. The Morgan fingerprint density at radius 1 is 1.23 bits per heavy atom. The Balaban J connectivity index is 2.02. The summed E-state index contributed by atoms with van der Waals surface area (Å²) in [5, 5.41) is 0. The molecule has 1 aromatic heterocycles. The average Bonchev–Trinajstić information content (AvgIpc) is 2.90. The van der Waals surface area contributed by atoms with Gasteiger partial charge in [-0.15, -0.1) is 0 Å². The number of fused-ring (bicyclic) bond motifs is 1. The first-order valence-corrected chi connectivity index (χ1v) is 8.60. The zero-order valence-corrected chi connectivity index (χ0v) is 14.8. The predicted octanol–water partition coefficient (Wildman–Crippen LogP) is 4.40. The summed E-state index contributed by atoms with van der Waals surface area (Å²) in [6, 6.07) is 9.77. The van der Waals surface area contributed by atoms with Crippen LogP contribution >= 0.6 is 11.3 Å². The molecule has 26 heavy (non-hydrogen) atoms. The number of halogens is 3. The fourth-order valence-electron chi connectivity index (χ4n) is 2.46. The highest BCUT2D eigenvalue weighted by atomic mass is 32.1. The van der Waals surface area contributed by atoms with Gasteiger partial charge in [-0.2, -0.15) is 18.2 Å². The van der Waals surface area contributed by atoms with Crippen molar-refractivity contribution in [1.82, 2.24) is 4.57 Å². The van der Waals surface area contributed by atoms with Gasteiger partial charge in [0.2, 0.25) is 0 Å². The van der Waals surface area contributed by atoms with E-state index in [0.29, 0.717) is 17.2 Å². The van der Waals surface area contributed by atoms with Gasteiger partial charge in [0.05, 0.1) is 22.4 Å². The van der Waals surface area contributed by atoms with Crippen molar-refractivity contribution in [2.45, 2.75) is 13.1 Å². The van der Waals surface area contributed by atoms with Crippen LogP contribution in [0.25, 0.3) is 10.2 Å². The summed E-state index contributed by atoms with van der Waals surface area (Å²) in [6.45, 7) is 2.42. The number of alkyl halides is 3. The number of thiazole rings is 1. The fourth-order valence-corrected chi connectivity index (χ4v) is 3.50. The van der Waals surface area contributed by atoms with Crippen LogP contribution in [0.2, 0.25) is 0 Å². The van der Waals surface area contributed by atoms with Crippen LogP contribution < -0.4 is 9.54 Å². The Bertz CT molecular complexity index is 1030. The second-order valence-electron chi connectivity index (χ2n) is 5.50. The van der Waals surface area contributed by atoms with Gasteiger partial charge in [0, 0.05) is 12.6 Å². The molecule has 0 bridgehead atoms. The largest absolute Gasteiger partial charge is 0.494 e. The molecule has 0 spiro atoms. The minimum Gasteiger partial charge on any atom is -0.494 e. The van der Waals surface area contributed by atoms with Crippen molar-refractivity contribution >= 4 is 27.5 Å². The molecule has 2 aromatic carbocycles. The second-order valence-corrected chi connectivity index (χ2v) is 6.51. The van der Waals surface area contributed by atoms with E-state index in [9.17, 15) is 18.0 Å². The second kappa shape index (κ2) is 6.95. The van der Waals surface area contributed by atoms with Gasteiger partial charge in [0.25, 0.3) is 5.91 Å². The molecule has 136 valence electrons. The number of ether oxygens (including phenoxy) is 1. The third-order valence-corrected chi connectivity index (χ3v) is 4.82. The van der Waals surface area contributed by atoms with Gasteiger partial charge in [-0.3, -0.25) is 4.79 Å². The van der Waals surface area contributed by atoms with Gasteiger partial charge in [-0.05, 0) is 43.3 Å². The molecular formula is C18H15F3N2O2S. The van der Waals surface area contributed by atoms with Crippen molar-refractivity contribution in [2.24, 2.45) is 12.0 Å². The van der Waals surface area contributed by atoms with E-state index in [2.05, 4.69) is 4.99 Å². The highest BCUT2D eigenvalue weighted by molar-refractivity contribution is 7.16. The molecule has 3 rings (SSSR count). The van der Waals surface area contributed by atoms with Crippen LogP contribution in [0.1, 0.15) is 22.8 Å². The number of rotatable bonds is 3. The van der Waals surface area contributed by atoms with Crippen LogP contribution in [-0.2, 0) is 13.2 Å². The standard InChI is InChI=1S/C18H15F3N2O2S/c1-3-25-13-7-8-14-15(10-13)26-17(23(14)2)22-16(24)11-5-4-6-12(9-11)18(19,20)21/h4-10H,3H2,1-2H3. The first-order chi connectivity index (χ1) is 12.3. The molecule has 0 fully saturated rings. The first-order valence-electron chi connectivity index (χ1n) is 7.78. The summed E-state index contributed by atoms with van der Waals surface area (Å²) >= 11 is 1.27. The number of aromatic nitrogens is 1.